The maximum Gasteiger partial charge on any atom is 0.278 e. The van der Waals surface area contributed by atoms with Gasteiger partial charge >= 0.3 is 0 Å². The Kier molecular flexibility index (Phi) is 5.33. The quantitative estimate of drug-likeness (QED) is 0.343. The summed E-state index contributed by atoms with van der Waals surface area (Å²) in [6.07, 6.45) is 2.32. The van der Waals surface area contributed by atoms with Crippen molar-refractivity contribution < 1.29 is 9.31 Å². The van der Waals surface area contributed by atoms with Crippen LogP contribution in [0.4, 0.5) is 4.39 Å². The largest absolute Gasteiger partial charge is 0.341 e. The lowest BCUT2D eigenvalue weighted by Crippen LogP contribution is -2.11. The van der Waals surface area contributed by atoms with E-state index in [4.69, 9.17) is 11.6 Å². The molecule has 0 aromatic carbocycles. The highest BCUT2D eigenvalue weighted by Crippen LogP contribution is 2.08. The minimum Gasteiger partial charge on any atom is -0.341 e. The van der Waals surface area contributed by atoms with E-state index in [2.05, 4.69) is 18.5 Å². The normalized spacial score (nSPS) is 12.2. The molecule has 0 fully saturated rings. The summed E-state index contributed by atoms with van der Waals surface area (Å²) in [4.78, 5) is 9.65. The zero-order chi connectivity index (χ0) is 12.0. The lowest BCUT2D eigenvalue weighted by atomic mass is 10.4. The molecule has 0 amide bonds. The lowest BCUT2D eigenvalue weighted by Gasteiger charge is -2.02. The Labute approximate surface area is 91.6 Å². The Morgan fingerprint density at radius 3 is 2.47 bits per heavy atom. The first-order valence-corrected chi connectivity index (χ1v) is 4.21. The molecule has 0 heterocycles. The van der Waals surface area contributed by atoms with E-state index in [-0.39, 0.29) is 16.6 Å². The van der Waals surface area contributed by atoms with Crippen molar-refractivity contribution in [3.63, 3.8) is 0 Å². The molecule has 0 spiro atoms. The summed E-state index contributed by atoms with van der Waals surface area (Å²) in [5, 5.41) is 12.6. The lowest BCUT2D eigenvalue weighted by molar-refractivity contribution is -0.425. The fourth-order valence-corrected chi connectivity index (χ4v) is 0.735. The predicted molar refractivity (Wildman–Crippen MR) is 57.2 cm³/mol. The third-order valence-electron chi connectivity index (χ3n) is 1.33. The molecule has 82 valence electrons. The Bertz CT molecular complexity index is 361. The van der Waals surface area contributed by atoms with Crippen LogP contribution in [0, 0.1) is 10.1 Å². The van der Waals surface area contributed by atoms with Crippen LogP contribution in [0.5, 0.6) is 0 Å². The predicted octanol–water partition coefficient (Wildman–Crippen LogP) is 2.83. The van der Waals surface area contributed by atoms with Crippen LogP contribution >= 0.6 is 11.6 Å². The molecule has 0 bridgehead atoms. The van der Waals surface area contributed by atoms with Crippen LogP contribution in [0.15, 0.2) is 47.7 Å². The van der Waals surface area contributed by atoms with E-state index in [1.807, 2.05) is 0 Å². The Balaban J connectivity index is 4.50. The Morgan fingerprint density at radius 2 is 2.07 bits per heavy atom. The molecule has 6 heteroatoms. The summed E-state index contributed by atoms with van der Waals surface area (Å²) in [5.74, 6) is -0.649. The number of halogens is 2. The van der Waals surface area contributed by atoms with Crippen LogP contribution < -0.4 is 5.32 Å². The van der Waals surface area contributed by atoms with E-state index in [9.17, 15) is 14.5 Å². The van der Waals surface area contributed by atoms with Gasteiger partial charge in [0.25, 0.3) is 5.70 Å². The van der Waals surface area contributed by atoms with Crippen LogP contribution in [0.3, 0.4) is 0 Å². The minimum absolute atomic E-state index is 0.167. The SMILES string of the molecule is C=C(F)/C=C\C(=C)N/C(Cl)=C(\C)[N+](=O)[O-]. The first-order valence-electron chi connectivity index (χ1n) is 3.83. The molecule has 0 rings (SSSR count). The van der Waals surface area contributed by atoms with Crippen molar-refractivity contribution in [2.45, 2.75) is 6.92 Å². The van der Waals surface area contributed by atoms with Crippen molar-refractivity contribution >= 4 is 11.6 Å². The van der Waals surface area contributed by atoms with E-state index in [1.54, 1.807) is 0 Å². The standard InChI is InChI=1S/C9H10ClFN2O2/c1-6(11)4-5-7(2)12-9(10)8(3)13(14)15/h4-5,12H,1-2H2,3H3/b5-4-,9-8+. The van der Waals surface area contributed by atoms with Gasteiger partial charge in [0.15, 0.2) is 5.16 Å². The van der Waals surface area contributed by atoms with E-state index in [0.29, 0.717) is 0 Å². The van der Waals surface area contributed by atoms with Crippen molar-refractivity contribution in [1.29, 1.82) is 0 Å². The van der Waals surface area contributed by atoms with Gasteiger partial charge in [0, 0.05) is 12.6 Å². The van der Waals surface area contributed by atoms with Crippen molar-refractivity contribution in [2.75, 3.05) is 0 Å². The van der Waals surface area contributed by atoms with E-state index >= 15 is 0 Å². The van der Waals surface area contributed by atoms with Gasteiger partial charge in [-0.3, -0.25) is 10.1 Å². The molecular formula is C9H10ClFN2O2. The molecule has 0 saturated heterocycles. The fraction of sp³-hybridized carbons (Fsp3) is 0.111. The molecule has 0 atom stereocenters. The van der Waals surface area contributed by atoms with Crippen molar-refractivity contribution in [3.8, 4) is 0 Å². The maximum absolute atomic E-state index is 12.2. The Morgan fingerprint density at radius 1 is 1.53 bits per heavy atom. The monoisotopic (exact) mass is 232 g/mol. The number of nitro groups is 1. The van der Waals surface area contributed by atoms with Gasteiger partial charge in [-0.15, -0.1) is 0 Å². The Hall–Kier alpha value is -1.62. The van der Waals surface area contributed by atoms with Gasteiger partial charge in [0.05, 0.1) is 4.92 Å². The number of hydrogen-bond acceptors (Lipinski definition) is 3. The number of rotatable bonds is 5. The maximum atomic E-state index is 12.2. The van der Waals surface area contributed by atoms with Crippen LogP contribution in [-0.2, 0) is 0 Å². The van der Waals surface area contributed by atoms with E-state index < -0.39 is 10.8 Å². The molecule has 0 aromatic heterocycles. The average Bonchev–Trinajstić information content (AvgIpc) is 2.13. The smallest absolute Gasteiger partial charge is 0.278 e. The van der Waals surface area contributed by atoms with Crippen molar-refractivity contribution in [3.05, 3.63) is 57.8 Å². The second-order valence-corrected chi connectivity index (χ2v) is 2.96. The highest BCUT2D eigenvalue weighted by atomic mass is 35.5. The van der Waals surface area contributed by atoms with E-state index in [0.717, 1.165) is 6.08 Å². The number of hydrogen-bond donors (Lipinski definition) is 1. The van der Waals surface area contributed by atoms with Gasteiger partial charge in [-0.2, -0.15) is 0 Å². The first-order chi connectivity index (χ1) is 6.84. The van der Waals surface area contributed by atoms with Gasteiger partial charge < -0.3 is 5.32 Å². The van der Waals surface area contributed by atoms with Crippen molar-refractivity contribution in [1.82, 2.24) is 5.32 Å². The highest BCUT2D eigenvalue weighted by molar-refractivity contribution is 6.29. The molecule has 0 unspecified atom stereocenters. The van der Waals surface area contributed by atoms with E-state index in [1.165, 1.54) is 13.0 Å². The van der Waals surface area contributed by atoms with Crippen LogP contribution in [-0.4, -0.2) is 4.92 Å². The molecule has 0 aliphatic heterocycles. The van der Waals surface area contributed by atoms with Gasteiger partial charge in [-0.05, 0) is 12.2 Å². The zero-order valence-corrected chi connectivity index (χ0v) is 8.84. The molecular weight excluding hydrogens is 223 g/mol. The molecule has 0 aliphatic carbocycles. The van der Waals surface area contributed by atoms with Crippen molar-refractivity contribution in [2.24, 2.45) is 0 Å². The molecule has 0 saturated carbocycles. The summed E-state index contributed by atoms with van der Waals surface area (Å²) in [7, 11) is 0. The topological polar surface area (TPSA) is 55.2 Å². The third-order valence-corrected chi connectivity index (χ3v) is 1.70. The molecule has 0 aromatic rings. The van der Waals surface area contributed by atoms with Crippen LogP contribution in [0.25, 0.3) is 0 Å². The van der Waals surface area contributed by atoms with Crippen LogP contribution in [0.2, 0.25) is 0 Å². The highest BCUT2D eigenvalue weighted by Gasteiger charge is 2.09. The summed E-state index contributed by atoms with van der Waals surface area (Å²) in [5.41, 5.74) is -0.0229. The van der Waals surface area contributed by atoms with Gasteiger partial charge in [0.1, 0.15) is 5.83 Å². The average molecular weight is 233 g/mol. The molecule has 4 nitrogen and oxygen atoms in total. The molecule has 15 heavy (non-hydrogen) atoms. The third kappa shape index (κ3) is 5.64. The minimum atomic E-state index is -0.649. The number of allylic oxidation sites excluding steroid dienone is 4. The summed E-state index contributed by atoms with van der Waals surface area (Å²) in [6, 6.07) is 0. The molecule has 1 N–H and O–H groups in total. The fourth-order valence-electron chi connectivity index (χ4n) is 0.544. The molecule has 0 radical (unpaired) electrons. The molecule has 0 aliphatic rings. The second-order valence-electron chi connectivity index (χ2n) is 2.59. The number of nitrogens with one attached hydrogen (secondary N) is 1. The van der Waals surface area contributed by atoms with Gasteiger partial charge in [-0.25, -0.2) is 4.39 Å². The first kappa shape index (κ1) is 13.4. The van der Waals surface area contributed by atoms with Crippen LogP contribution in [0.1, 0.15) is 6.92 Å². The summed E-state index contributed by atoms with van der Waals surface area (Å²) in [6.45, 7) is 7.69. The summed E-state index contributed by atoms with van der Waals surface area (Å²) >= 11 is 5.55. The van der Waals surface area contributed by atoms with Gasteiger partial charge in [-0.1, -0.05) is 24.8 Å². The number of nitrogens with zero attached hydrogens (tertiary/aromatic N) is 1. The zero-order valence-electron chi connectivity index (χ0n) is 8.09. The summed E-state index contributed by atoms with van der Waals surface area (Å²) < 4.78 is 12.2. The van der Waals surface area contributed by atoms with Gasteiger partial charge in [0.2, 0.25) is 0 Å². The second kappa shape index (κ2) is 5.98.